The third-order valence-corrected chi connectivity index (χ3v) is 4.76. The molecule has 1 saturated carbocycles. The molecule has 2 fully saturated rings. The quantitative estimate of drug-likeness (QED) is 0.827. The van der Waals surface area contributed by atoms with E-state index in [4.69, 9.17) is 18.9 Å². The van der Waals surface area contributed by atoms with E-state index in [-0.39, 0.29) is 5.79 Å². The zero-order valence-electron chi connectivity index (χ0n) is 14.1. The second-order valence-electron chi connectivity index (χ2n) is 6.45. The van der Waals surface area contributed by atoms with E-state index in [1.54, 1.807) is 18.6 Å². The molecule has 6 nitrogen and oxygen atoms in total. The van der Waals surface area contributed by atoms with E-state index in [1.165, 1.54) is 0 Å². The Hall–Kier alpha value is -2.18. The van der Waals surface area contributed by atoms with E-state index in [0.29, 0.717) is 37.4 Å². The van der Waals surface area contributed by atoms with Gasteiger partial charge >= 0.3 is 0 Å². The summed E-state index contributed by atoms with van der Waals surface area (Å²) in [5, 5.41) is 0. The highest BCUT2D eigenvalue weighted by Gasteiger charge is 2.40. The van der Waals surface area contributed by atoms with Crippen LogP contribution >= 0.6 is 0 Å². The summed E-state index contributed by atoms with van der Waals surface area (Å²) in [6, 6.07) is 7.64. The molecule has 1 aromatic carbocycles. The molecular formula is C19H22N2O4. The molecule has 1 saturated heterocycles. The van der Waals surface area contributed by atoms with Crippen molar-refractivity contribution in [3.63, 3.8) is 0 Å². The lowest BCUT2D eigenvalue weighted by Crippen LogP contribution is -2.36. The van der Waals surface area contributed by atoms with Crippen molar-refractivity contribution in [1.29, 1.82) is 0 Å². The summed E-state index contributed by atoms with van der Waals surface area (Å²) in [7, 11) is 0. The fourth-order valence-corrected chi connectivity index (χ4v) is 3.38. The van der Waals surface area contributed by atoms with Gasteiger partial charge < -0.3 is 18.9 Å². The van der Waals surface area contributed by atoms with Crippen LogP contribution in [0.15, 0.2) is 42.9 Å². The van der Waals surface area contributed by atoms with Crippen LogP contribution in [0.2, 0.25) is 0 Å². The molecule has 2 aliphatic rings. The SMILES string of the molecule is c1ccc(Oc2cnccn2)c(OCC2CCC3(CC2)OCCO3)c1. The number of hydrogen-bond acceptors (Lipinski definition) is 6. The maximum absolute atomic E-state index is 6.05. The number of hydrogen-bond donors (Lipinski definition) is 0. The van der Waals surface area contributed by atoms with Crippen LogP contribution in [0.1, 0.15) is 25.7 Å². The molecule has 132 valence electrons. The first-order valence-electron chi connectivity index (χ1n) is 8.77. The minimum atomic E-state index is -0.316. The van der Waals surface area contributed by atoms with Crippen LogP contribution in [0, 0.1) is 5.92 Å². The van der Waals surface area contributed by atoms with E-state index in [2.05, 4.69) is 9.97 Å². The van der Waals surface area contributed by atoms with Gasteiger partial charge in [-0.15, -0.1) is 0 Å². The summed E-state index contributed by atoms with van der Waals surface area (Å²) in [6.07, 6.45) is 8.78. The second-order valence-corrected chi connectivity index (χ2v) is 6.45. The van der Waals surface area contributed by atoms with E-state index >= 15 is 0 Å². The number of rotatable bonds is 5. The Morgan fingerprint density at radius 3 is 2.52 bits per heavy atom. The first kappa shape index (κ1) is 16.3. The largest absolute Gasteiger partial charge is 0.489 e. The number of nitrogens with zero attached hydrogens (tertiary/aromatic N) is 2. The van der Waals surface area contributed by atoms with E-state index in [1.807, 2.05) is 24.3 Å². The highest BCUT2D eigenvalue weighted by Crippen LogP contribution is 2.39. The molecule has 1 aromatic heterocycles. The van der Waals surface area contributed by atoms with E-state index in [9.17, 15) is 0 Å². The summed E-state index contributed by atoms with van der Waals surface area (Å²) in [4.78, 5) is 8.15. The minimum absolute atomic E-state index is 0.316. The van der Waals surface area contributed by atoms with Gasteiger partial charge in [-0.25, -0.2) is 4.98 Å². The maximum atomic E-state index is 6.05. The van der Waals surface area contributed by atoms with Gasteiger partial charge in [0.1, 0.15) is 0 Å². The lowest BCUT2D eigenvalue weighted by Gasteiger charge is -2.35. The Morgan fingerprint density at radius 2 is 1.80 bits per heavy atom. The molecule has 0 N–H and O–H groups in total. The lowest BCUT2D eigenvalue weighted by atomic mass is 9.85. The zero-order valence-corrected chi connectivity index (χ0v) is 14.1. The number of aromatic nitrogens is 2. The van der Waals surface area contributed by atoms with Crippen molar-refractivity contribution < 1.29 is 18.9 Å². The average molecular weight is 342 g/mol. The Bertz CT molecular complexity index is 679. The van der Waals surface area contributed by atoms with Crippen LogP contribution in [0.25, 0.3) is 0 Å². The highest BCUT2D eigenvalue weighted by atomic mass is 16.7. The van der Waals surface area contributed by atoms with Crippen LogP contribution in [-0.2, 0) is 9.47 Å². The molecule has 2 heterocycles. The van der Waals surface area contributed by atoms with Gasteiger partial charge in [0.15, 0.2) is 17.3 Å². The van der Waals surface area contributed by atoms with Gasteiger partial charge in [0.05, 0.1) is 26.0 Å². The standard InChI is InChI=1S/C19H22N2O4/c1-2-4-17(25-18-13-20-9-10-21-18)16(3-1)22-14-15-5-7-19(8-6-15)23-11-12-24-19/h1-4,9-10,13,15H,5-8,11-12,14H2. The molecule has 0 atom stereocenters. The third kappa shape index (κ3) is 3.91. The van der Waals surface area contributed by atoms with Gasteiger partial charge in [0, 0.05) is 25.2 Å². The van der Waals surface area contributed by atoms with Crippen LogP contribution < -0.4 is 9.47 Å². The van der Waals surface area contributed by atoms with E-state index in [0.717, 1.165) is 31.4 Å². The summed E-state index contributed by atoms with van der Waals surface area (Å²) in [6.45, 7) is 2.10. The van der Waals surface area contributed by atoms with Gasteiger partial charge in [-0.3, -0.25) is 4.98 Å². The fourth-order valence-electron chi connectivity index (χ4n) is 3.38. The Kier molecular flexibility index (Phi) is 4.81. The Labute approximate surface area is 147 Å². The van der Waals surface area contributed by atoms with Crippen molar-refractivity contribution in [1.82, 2.24) is 9.97 Å². The van der Waals surface area contributed by atoms with Crippen molar-refractivity contribution in [3.05, 3.63) is 42.9 Å². The molecule has 4 rings (SSSR count). The van der Waals surface area contributed by atoms with Crippen LogP contribution in [0.4, 0.5) is 0 Å². The van der Waals surface area contributed by atoms with Crippen molar-refractivity contribution in [3.8, 4) is 17.4 Å². The molecule has 0 amide bonds. The Morgan fingerprint density at radius 1 is 1.04 bits per heavy atom. The molecule has 0 unspecified atom stereocenters. The number of ether oxygens (including phenoxy) is 4. The molecule has 0 radical (unpaired) electrons. The molecule has 2 aromatic rings. The second kappa shape index (κ2) is 7.37. The first-order valence-corrected chi connectivity index (χ1v) is 8.77. The smallest absolute Gasteiger partial charge is 0.238 e. The normalized spacial score (nSPS) is 19.8. The van der Waals surface area contributed by atoms with Gasteiger partial charge in [0.25, 0.3) is 0 Å². The highest BCUT2D eigenvalue weighted by molar-refractivity contribution is 5.41. The molecule has 1 aliphatic carbocycles. The average Bonchev–Trinajstić information content (AvgIpc) is 3.11. The number of benzene rings is 1. The predicted octanol–water partition coefficient (Wildman–Crippen LogP) is 3.58. The van der Waals surface area contributed by atoms with E-state index < -0.39 is 0 Å². The molecule has 1 aliphatic heterocycles. The topological polar surface area (TPSA) is 62.7 Å². The summed E-state index contributed by atoms with van der Waals surface area (Å²) >= 11 is 0. The molecule has 25 heavy (non-hydrogen) atoms. The van der Waals surface area contributed by atoms with Gasteiger partial charge in [-0.1, -0.05) is 12.1 Å². The minimum Gasteiger partial charge on any atom is -0.489 e. The molecular weight excluding hydrogens is 320 g/mol. The summed E-state index contributed by atoms with van der Waals surface area (Å²) in [5.74, 6) is 2.01. The zero-order chi connectivity index (χ0) is 17.0. The van der Waals surface area contributed by atoms with Gasteiger partial charge in [-0.2, -0.15) is 0 Å². The lowest BCUT2D eigenvalue weighted by molar-refractivity contribution is -0.183. The van der Waals surface area contributed by atoms with Gasteiger partial charge in [0.2, 0.25) is 5.88 Å². The monoisotopic (exact) mass is 342 g/mol. The van der Waals surface area contributed by atoms with Crippen molar-refractivity contribution in [2.24, 2.45) is 5.92 Å². The predicted molar refractivity (Wildman–Crippen MR) is 90.6 cm³/mol. The first-order chi connectivity index (χ1) is 12.3. The van der Waals surface area contributed by atoms with Crippen LogP contribution in [-0.4, -0.2) is 35.6 Å². The molecule has 6 heteroatoms. The number of para-hydroxylation sites is 2. The third-order valence-electron chi connectivity index (χ3n) is 4.76. The summed E-state index contributed by atoms with van der Waals surface area (Å²) in [5.41, 5.74) is 0. The van der Waals surface area contributed by atoms with Crippen molar-refractivity contribution >= 4 is 0 Å². The Balaban J connectivity index is 1.34. The van der Waals surface area contributed by atoms with Crippen LogP contribution in [0.5, 0.6) is 17.4 Å². The fraction of sp³-hybridized carbons (Fsp3) is 0.474. The summed E-state index contributed by atoms with van der Waals surface area (Å²) < 4.78 is 23.4. The van der Waals surface area contributed by atoms with Crippen molar-refractivity contribution in [2.75, 3.05) is 19.8 Å². The molecule has 0 bridgehead atoms. The van der Waals surface area contributed by atoms with Crippen molar-refractivity contribution in [2.45, 2.75) is 31.5 Å². The maximum Gasteiger partial charge on any atom is 0.238 e. The van der Waals surface area contributed by atoms with Crippen LogP contribution in [0.3, 0.4) is 0 Å². The van der Waals surface area contributed by atoms with Gasteiger partial charge in [-0.05, 0) is 30.9 Å². The molecule has 1 spiro atoms.